The Hall–Kier alpha value is -1.84. The van der Waals surface area contributed by atoms with Crippen molar-refractivity contribution in [1.82, 2.24) is 9.80 Å². The predicted octanol–water partition coefficient (Wildman–Crippen LogP) is 3.13. The van der Waals surface area contributed by atoms with Crippen LogP contribution in [-0.2, 0) is 0 Å². The van der Waals surface area contributed by atoms with Gasteiger partial charge in [0.2, 0.25) is 0 Å². The van der Waals surface area contributed by atoms with Gasteiger partial charge >= 0.3 is 0 Å². The highest BCUT2D eigenvalue weighted by molar-refractivity contribution is 5.43. The third kappa shape index (κ3) is 2.64. The first-order chi connectivity index (χ1) is 11.3. The lowest BCUT2D eigenvalue weighted by Crippen LogP contribution is -2.50. The summed E-state index contributed by atoms with van der Waals surface area (Å²) in [6.45, 7) is 4.56. The number of ether oxygens (including phenoxy) is 1. The van der Waals surface area contributed by atoms with Crippen LogP contribution in [0.4, 0.5) is 0 Å². The third-order valence-corrected chi connectivity index (χ3v) is 5.36. The minimum absolute atomic E-state index is 0.455. The Balaban J connectivity index is 1.74. The molecule has 0 saturated carbocycles. The zero-order chi connectivity index (χ0) is 15.8. The number of piperazine rings is 1. The van der Waals surface area contributed by atoms with Crippen molar-refractivity contribution in [2.75, 3.05) is 40.3 Å². The summed E-state index contributed by atoms with van der Waals surface area (Å²) in [6.07, 6.45) is 0. The number of likely N-dealkylation sites (N-methyl/N-ethyl adjacent to an activating group) is 1. The van der Waals surface area contributed by atoms with E-state index >= 15 is 0 Å². The van der Waals surface area contributed by atoms with Crippen molar-refractivity contribution in [2.45, 2.75) is 12.0 Å². The summed E-state index contributed by atoms with van der Waals surface area (Å²) in [5.74, 6) is 1.38. The smallest absolute Gasteiger partial charge is 0.118 e. The van der Waals surface area contributed by atoms with Crippen molar-refractivity contribution in [1.29, 1.82) is 0 Å². The van der Waals surface area contributed by atoms with Gasteiger partial charge in [0.05, 0.1) is 7.11 Å². The quantitative estimate of drug-likeness (QED) is 0.848. The molecule has 0 amide bonds. The Morgan fingerprint density at radius 3 is 2.39 bits per heavy atom. The molecule has 2 atom stereocenters. The van der Waals surface area contributed by atoms with Gasteiger partial charge < -0.3 is 9.64 Å². The zero-order valence-electron chi connectivity index (χ0n) is 13.9. The highest BCUT2D eigenvalue weighted by Gasteiger charge is 2.36. The van der Waals surface area contributed by atoms with E-state index in [0.29, 0.717) is 12.0 Å². The summed E-state index contributed by atoms with van der Waals surface area (Å²) in [5.41, 5.74) is 4.39. The van der Waals surface area contributed by atoms with Crippen molar-refractivity contribution in [3.05, 3.63) is 65.2 Å². The van der Waals surface area contributed by atoms with Crippen LogP contribution >= 0.6 is 0 Å². The van der Waals surface area contributed by atoms with E-state index in [4.69, 9.17) is 4.74 Å². The maximum atomic E-state index is 5.31. The van der Waals surface area contributed by atoms with Crippen LogP contribution in [-0.4, -0.2) is 50.1 Å². The van der Waals surface area contributed by atoms with E-state index in [1.54, 1.807) is 7.11 Å². The summed E-state index contributed by atoms with van der Waals surface area (Å²) in [7, 11) is 3.95. The number of nitrogens with zero attached hydrogens (tertiary/aromatic N) is 2. The SMILES string of the molecule is COc1ccc([C@H]2CN3CCN(C)C[C@@H]3c3ccccc32)cc1. The molecule has 0 aromatic heterocycles. The Kier molecular flexibility index (Phi) is 3.83. The second-order valence-corrected chi connectivity index (χ2v) is 6.73. The first-order valence-corrected chi connectivity index (χ1v) is 8.41. The molecule has 0 bridgehead atoms. The minimum atomic E-state index is 0.455. The lowest BCUT2D eigenvalue weighted by atomic mass is 9.80. The normalized spacial score (nSPS) is 24.8. The molecule has 0 unspecified atom stereocenters. The fourth-order valence-electron chi connectivity index (χ4n) is 4.06. The van der Waals surface area contributed by atoms with Crippen molar-refractivity contribution in [3.8, 4) is 5.75 Å². The van der Waals surface area contributed by atoms with Crippen molar-refractivity contribution in [2.24, 2.45) is 0 Å². The standard InChI is InChI=1S/C20H24N2O/c1-21-11-12-22-13-19(15-7-9-16(23-2)10-8-15)17-5-3-4-6-18(17)20(22)14-21/h3-10,19-20H,11-14H2,1-2H3/t19-,20-/m1/s1. The molecule has 0 spiro atoms. The zero-order valence-corrected chi connectivity index (χ0v) is 13.9. The van der Waals surface area contributed by atoms with Crippen LogP contribution in [0.3, 0.4) is 0 Å². The number of rotatable bonds is 2. The summed E-state index contributed by atoms with van der Waals surface area (Å²) in [6, 6.07) is 18.1. The van der Waals surface area contributed by atoms with Gasteiger partial charge in [0, 0.05) is 38.1 Å². The molecule has 23 heavy (non-hydrogen) atoms. The van der Waals surface area contributed by atoms with E-state index < -0.39 is 0 Å². The first-order valence-electron chi connectivity index (χ1n) is 8.41. The Morgan fingerprint density at radius 2 is 1.65 bits per heavy atom. The summed E-state index contributed by atoms with van der Waals surface area (Å²) in [4.78, 5) is 5.11. The van der Waals surface area contributed by atoms with Crippen LogP contribution < -0.4 is 4.74 Å². The van der Waals surface area contributed by atoms with E-state index in [9.17, 15) is 0 Å². The van der Waals surface area contributed by atoms with Gasteiger partial charge in [-0.3, -0.25) is 4.90 Å². The molecule has 4 rings (SSSR count). The first kappa shape index (κ1) is 14.7. The van der Waals surface area contributed by atoms with Gasteiger partial charge in [-0.25, -0.2) is 0 Å². The van der Waals surface area contributed by atoms with Gasteiger partial charge in [-0.1, -0.05) is 36.4 Å². The number of hydrogen-bond acceptors (Lipinski definition) is 3. The van der Waals surface area contributed by atoms with Gasteiger partial charge in [0.1, 0.15) is 5.75 Å². The minimum Gasteiger partial charge on any atom is -0.497 e. The molecule has 2 aromatic rings. The highest BCUT2D eigenvalue weighted by atomic mass is 16.5. The fourth-order valence-corrected chi connectivity index (χ4v) is 4.06. The Morgan fingerprint density at radius 1 is 0.913 bits per heavy atom. The fraction of sp³-hybridized carbons (Fsp3) is 0.400. The molecule has 1 saturated heterocycles. The van der Waals surface area contributed by atoms with Crippen molar-refractivity contribution >= 4 is 0 Å². The van der Waals surface area contributed by atoms with Crippen LogP contribution in [0.15, 0.2) is 48.5 Å². The van der Waals surface area contributed by atoms with Gasteiger partial charge in [0.25, 0.3) is 0 Å². The molecular formula is C20H24N2O. The molecule has 0 N–H and O–H groups in total. The number of hydrogen-bond donors (Lipinski definition) is 0. The van der Waals surface area contributed by atoms with Gasteiger partial charge in [-0.15, -0.1) is 0 Å². The lowest BCUT2D eigenvalue weighted by molar-refractivity contribution is 0.0772. The average molecular weight is 308 g/mol. The van der Waals surface area contributed by atoms with Gasteiger partial charge in [0.15, 0.2) is 0 Å². The van der Waals surface area contributed by atoms with Crippen molar-refractivity contribution in [3.63, 3.8) is 0 Å². The Labute approximate surface area is 138 Å². The second-order valence-electron chi connectivity index (χ2n) is 6.73. The monoisotopic (exact) mass is 308 g/mol. The summed E-state index contributed by atoms with van der Waals surface area (Å²) >= 11 is 0. The number of methoxy groups -OCH3 is 1. The third-order valence-electron chi connectivity index (χ3n) is 5.36. The number of benzene rings is 2. The van der Waals surface area contributed by atoms with Crippen LogP contribution in [0.1, 0.15) is 28.7 Å². The van der Waals surface area contributed by atoms with Crippen LogP contribution in [0.2, 0.25) is 0 Å². The summed E-state index contributed by atoms with van der Waals surface area (Å²) in [5, 5.41) is 0. The predicted molar refractivity (Wildman–Crippen MR) is 93.1 cm³/mol. The van der Waals surface area contributed by atoms with E-state index in [0.717, 1.165) is 31.9 Å². The van der Waals surface area contributed by atoms with E-state index in [-0.39, 0.29) is 0 Å². The molecule has 2 aromatic carbocycles. The van der Waals surface area contributed by atoms with Crippen molar-refractivity contribution < 1.29 is 4.74 Å². The maximum Gasteiger partial charge on any atom is 0.118 e. The molecule has 3 nitrogen and oxygen atoms in total. The van der Waals surface area contributed by atoms with Gasteiger partial charge in [-0.05, 0) is 35.9 Å². The molecule has 1 fully saturated rings. The molecule has 2 aliphatic rings. The van der Waals surface area contributed by atoms with Crippen LogP contribution in [0.5, 0.6) is 5.75 Å². The Bertz CT molecular complexity index is 682. The maximum absolute atomic E-state index is 5.31. The van der Waals surface area contributed by atoms with E-state index in [1.807, 2.05) is 0 Å². The molecule has 0 radical (unpaired) electrons. The molecule has 3 heteroatoms. The van der Waals surface area contributed by atoms with Crippen LogP contribution in [0, 0.1) is 0 Å². The molecule has 2 aliphatic heterocycles. The van der Waals surface area contributed by atoms with E-state index in [2.05, 4.69) is 65.4 Å². The average Bonchev–Trinajstić information content (AvgIpc) is 2.61. The second kappa shape index (κ2) is 5.99. The van der Waals surface area contributed by atoms with E-state index in [1.165, 1.54) is 16.7 Å². The molecule has 120 valence electrons. The number of fused-ring (bicyclic) bond motifs is 3. The molecular weight excluding hydrogens is 284 g/mol. The largest absolute Gasteiger partial charge is 0.497 e. The lowest BCUT2D eigenvalue weighted by Gasteiger charge is -2.46. The highest BCUT2D eigenvalue weighted by Crippen LogP contribution is 2.40. The topological polar surface area (TPSA) is 15.7 Å². The molecule has 0 aliphatic carbocycles. The molecule has 2 heterocycles. The summed E-state index contributed by atoms with van der Waals surface area (Å²) < 4.78 is 5.31. The van der Waals surface area contributed by atoms with Gasteiger partial charge in [-0.2, -0.15) is 0 Å². The van der Waals surface area contributed by atoms with Crippen LogP contribution in [0.25, 0.3) is 0 Å².